The molecule has 3 aromatic rings. The van der Waals surface area contributed by atoms with Crippen molar-refractivity contribution in [2.45, 2.75) is 13.5 Å². The Kier molecular flexibility index (Phi) is 5.40. The number of hydrogen-bond donors (Lipinski definition) is 0. The Morgan fingerprint density at radius 3 is 2.44 bits per heavy atom. The number of carbonyl (C=O) groups is 1. The molecule has 0 saturated heterocycles. The van der Waals surface area contributed by atoms with Crippen molar-refractivity contribution < 1.29 is 18.8 Å². The third-order valence-corrected chi connectivity index (χ3v) is 4.13. The molecule has 0 atom stereocenters. The zero-order valence-corrected chi connectivity index (χ0v) is 15.7. The van der Waals surface area contributed by atoms with E-state index in [2.05, 4.69) is 10.1 Å². The molecule has 27 heavy (non-hydrogen) atoms. The van der Waals surface area contributed by atoms with Crippen molar-refractivity contribution in [3.8, 4) is 22.9 Å². The van der Waals surface area contributed by atoms with Crippen molar-refractivity contribution in [2.75, 3.05) is 21.3 Å². The van der Waals surface area contributed by atoms with E-state index in [0.29, 0.717) is 28.8 Å². The predicted molar refractivity (Wildman–Crippen MR) is 99.8 cm³/mol. The van der Waals surface area contributed by atoms with Crippen LogP contribution in [0.15, 0.2) is 47.0 Å². The summed E-state index contributed by atoms with van der Waals surface area (Å²) < 4.78 is 15.8. The maximum absolute atomic E-state index is 12.5. The second kappa shape index (κ2) is 7.90. The zero-order chi connectivity index (χ0) is 19.4. The van der Waals surface area contributed by atoms with Gasteiger partial charge in [0.05, 0.1) is 20.8 Å². The second-order valence-electron chi connectivity index (χ2n) is 6.11. The van der Waals surface area contributed by atoms with Gasteiger partial charge in [0.25, 0.3) is 5.91 Å². The summed E-state index contributed by atoms with van der Waals surface area (Å²) in [4.78, 5) is 18.4. The molecule has 0 spiro atoms. The molecule has 0 fully saturated rings. The predicted octanol–water partition coefficient (Wildman–Crippen LogP) is 3.33. The van der Waals surface area contributed by atoms with Crippen LogP contribution in [0.25, 0.3) is 11.4 Å². The van der Waals surface area contributed by atoms with Crippen LogP contribution in [0.1, 0.15) is 21.8 Å². The summed E-state index contributed by atoms with van der Waals surface area (Å²) in [5.74, 6) is 1.85. The molecule has 7 heteroatoms. The maximum Gasteiger partial charge on any atom is 0.254 e. The highest BCUT2D eigenvalue weighted by atomic mass is 16.5. The van der Waals surface area contributed by atoms with Crippen LogP contribution >= 0.6 is 0 Å². The minimum Gasteiger partial charge on any atom is -0.493 e. The smallest absolute Gasteiger partial charge is 0.254 e. The minimum absolute atomic E-state index is 0.110. The van der Waals surface area contributed by atoms with E-state index >= 15 is 0 Å². The number of benzene rings is 2. The number of carbonyl (C=O) groups excluding carboxylic acids is 1. The van der Waals surface area contributed by atoms with Crippen LogP contribution in [0.5, 0.6) is 11.5 Å². The molecule has 0 aliphatic heterocycles. The van der Waals surface area contributed by atoms with E-state index in [1.807, 2.05) is 25.1 Å². The third kappa shape index (κ3) is 4.08. The highest BCUT2D eigenvalue weighted by Gasteiger charge is 2.17. The van der Waals surface area contributed by atoms with Gasteiger partial charge in [-0.2, -0.15) is 4.98 Å². The lowest BCUT2D eigenvalue weighted by molar-refractivity contribution is 0.0769. The molecule has 0 N–H and O–H groups in total. The Bertz CT molecular complexity index is 935. The van der Waals surface area contributed by atoms with E-state index in [4.69, 9.17) is 14.0 Å². The van der Waals surface area contributed by atoms with E-state index in [9.17, 15) is 4.79 Å². The summed E-state index contributed by atoms with van der Waals surface area (Å²) in [5, 5.41) is 3.99. The molecule has 7 nitrogen and oxygen atoms in total. The molecule has 2 aromatic carbocycles. The largest absolute Gasteiger partial charge is 0.493 e. The zero-order valence-electron chi connectivity index (χ0n) is 15.7. The number of amides is 1. The molecule has 0 aliphatic rings. The molecular weight excluding hydrogens is 346 g/mol. The molecule has 1 amide bonds. The quantitative estimate of drug-likeness (QED) is 0.665. The summed E-state index contributed by atoms with van der Waals surface area (Å²) in [6.07, 6.45) is 0. The van der Waals surface area contributed by atoms with Crippen LogP contribution < -0.4 is 9.47 Å². The van der Waals surface area contributed by atoms with E-state index in [-0.39, 0.29) is 12.5 Å². The number of methoxy groups -OCH3 is 2. The van der Waals surface area contributed by atoms with Crippen LogP contribution in [0, 0.1) is 6.92 Å². The molecule has 0 aliphatic carbocycles. The van der Waals surface area contributed by atoms with Gasteiger partial charge in [0.15, 0.2) is 11.5 Å². The molecule has 1 aromatic heterocycles. The van der Waals surface area contributed by atoms with Gasteiger partial charge in [-0.05, 0) is 37.3 Å². The maximum atomic E-state index is 12.5. The van der Waals surface area contributed by atoms with E-state index < -0.39 is 0 Å². The Morgan fingerprint density at radius 2 is 1.78 bits per heavy atom. The first kappa shape index (κ1) is 18.4. The molecule has 3 rings (SSSR count). The van der Waals surface area contributed by atoms with Crippen LogP contribution in [-0.4, -0.2) is 42.2 Å². The second-order valence-corrected chi connectivity index (χ2v) is 6.11. The fourth-order valence-electron chi connectivity index (χ4n) is 2.60. The Hall–Kier alpha value is -3.35. The van der Waals surface area contributed by atoms with Gasteiger partial charge in [-0.3, -0.25) is 4.79 Å². The summed E-state index contributed by atoms with van der Waals surface area (Å²) >= 11 is 0. The average molecular weight is 367 g/mol. The minimum atomic E-state index is -0.110. The Balaban J connectivity index is 1.74. The van der Waals surface area contributed by atoms with Crippen molar-refractivity contribution in [2.24, 2.45) is 0 Å². The van der Waals surface area contributed by atoms with Crippen molar-refractivity contribution in [3.05, 3.63) is 59.5 Å². The first-order valence-corrected chi connectivity index (χ1v) is 8.39. The lowest BCUT2D eigenvalue weighted by Gasteiger charge is -2.14. The lowest BCUT2D eigenvalue weighted by atomic mass is 10.1. The van der Waals surface area contributed by atoms with Crippen LogP contribution in [-0.2, 0) is 6.54 Å². The number of rotatable bonds is 6. The number of aromatic nitrogens is 2. The fourth-order valence-corrected chi connectivity index (χ4v) is 2.60. The summed E-state index contributed by atoms with van der Waals surface area (Å²) in [7, 11) is 4.84. The molecule has 0 unspecified atom stereocenters. The van der Waals surface area contributed by atoms with Crippen molar-refractivity contribution in [1.82, 2.24) is 15.0 Å². The van der Waals surface area contributed by atoms with E-state index in [1.54, 1.807) is 45.5 Å². The summed E-state index contributed by atoms with van der Waals surface area (Å²) in [6.45, 7) is 2.19. The Morgan fingerprint density at radius 1 is 1.07 bits per heavy atom. The van der Waals surface area contributed by atoms with E-state index in [0.717, 1.165) is 11.1 Å². The third-order valence-electron chi connectivity index (χ3n) is 4.13. The van der Waals surface area contributed by atoms with Crippen LogP contribution in [0.2, 0.25) is 0 Å². The topological polar surface area (TPSA) is 77.7 Å². The van der Waals surface area contributed by atoms with Crippen molar-refractivity contribution in [3.63, 3.8) is 0 Å². The van der Waals surface area contributed by atoms with Gasteiger partial charge in [0.1, 0.15) is 0 Å². The summed E-state index contributed by atoms with van der Waals surface area (Å²) in [5.41, 5.74) is 2.45. The van der Waals surface area contributed by atoms with Crippen LogP contribution in [0.3, 0.4) is 0 Å². The first-order valence-electron chi connectivity index (χ1n) is 8.39. The summed E-state index contributed by atoms with van der Waals surface area (Å²) in [6, 6.07) is 12.8. The monoisotopic (exact) mass is 367 g/mol. The standard InChI is InChI=1S/C20H21N3O4/c1-13-5-7-14(8-6-13)20(24)23(2)12-18-21-19(22-27-18)15-9-10-16(25-3)17(11-15)26-4/h5-11H,12H2,1-4H3. The van der Waals surface area contributed by atoms with E-state index in [1.165, 1.54) is 4.90 Å². The number of ether oxygens (including phenoxy) is 2. The lowest BCUT2D eigenvalue weighted by Crippen LogP contribution is -2.26. The Labute approximate surface area is 157 Å². The highest BCUT2D eigenvalue weighted by molar-refractivity contribution is 5.94. The fraction of sp³-hybridized carbons (Fsp3) is 0.250. The van der Waals surface area contributed by atoms with Gasteiger partial charge in [-0.1, -0.05) is 22.9 Å². The van der Waals surface area contributed by atoms with Gasteiger partial charge < -0.3 is 18.9 Å². The number of hydrogen-bond acceptors (Lipinski definition) is 6. The average Bonchev–Trinajstić information content (AvgIpc) is 3.15. The molecular formula is C20H21N3O4. The number of nitrogens with zero attached hydrogens (tertiary/aromatic N) is 3. The van der Waals surface area contributed by atoms with Crippen molar-refractivity contribution >= 4 is 5.91 Å². The first-order chi connectivity index (χ1) is 13.0. The molecule has 1 heterocycles. The SMILES string of the molecule is COc1ccc(-c2noc(CN(C)C(=O)c3ccc(C)cc3)n2)cc1OC. The van der Waals surface area contributed by atoms with Gasteiger partial charge in [0, 0.05) is 18.2 Å². The van der Waals surface area contributed by atoms with Gasteiger partial charge >= 0.3 is 0 Å². The van der Waals surface area contributed by atoms with Gasteiger partial charge in [-0.15, -0.1) is 0 Å². The van der Waals surface area contributed by atoms with Crippen LogP contribution in [0.4, 0.5) is 0 Å². The van der Waals surface area contributed by atoms with Gasteiger partial charge in [0.2, 0.25) is 11.7 Å². The molecule has 0 saturated carbocycles. The highest BCUT2D eigenvalue weighted by Crippen LogP contribution is 2.31. The van der Waals surface area contributed by atoms with Crippen molar-refractivity contribution in [1.29, 1.82) is 0 Å². The molecule has 0 radical (unpaired) electrons. The number of aryl methyl sites for hydroxylation is 1. The normalized spacial score (nSPS) is 10.5. The van der Waals surface area contributed by atoms with Gasteiger partial charge in [-0.25, -0.2) is 0 Å². The molecule has 0 bridgehead atoms. The molecule has 140 valence electrons.